The van der Waals surface area contributed by atoms with Crippen molar-refractivity contribution in [2.45, 2.75) is 45.8 Å². The highest BCUT2D eigenvalue weighted by atomic mass is 16.2. The summed E-state index contributed by atoms with van der Waals surface area (Å²) in [5, 5.41) is 6.96. The molecule has 0 saturated carbocycles. The van der Waals surface area contributed by atoms with Gasteiger partial charge in [0.05, 0.1) is 0 Å². The van der Waals surface area contributed by atoms with Crippen LogP contribution in [0.2, 0.25) is 0 Å². The van der Waals surface area contributed by atoms with Gasteiger partial charge in [0.2, 0.25) is 5.91 Å². The fourth-order valence-electron chi connectivity index (χ4n) is 3.33. The Balaban J connectivity index is 1.48. The first kappa shape index (κ1) is 17.6. The van der Waals surface area contributed by atoms with Crippen molar-refractivity contribution in [1.29, 1.82) is 0 Å². The van der Waals surface area contributed by atoms with Gasteiger partial charge < -0.3 is 5.32 Å². The lowest BCUT2D eigenvalue weighted by Crippen LogP contribution is -2.33. The van der Waals surface area contributed by atoms with Gasteiger partial charge in [-0.05, 0) is 43.4 Å². The normalized spacial score (nSPS) is 19.5. The van der Waals surface area contributed by atoms with E-state index in [0.717, 1.165) is 18.0 Å². The predicted octanol–water partition coefficient (Wildman–Crippen LogP) is 2.39. The standard InChI is InChI=1S/C19H27N5O/c1-15-4-3-9-23(11-15)12-18-7-5-17(6-8-18)10-21-19(25)16(2)24-14-20-13-22-24/h5-8,13-16H,3-4,9-12H2,1-2H3,(H,21,25)/t15-,16+/m0/s1. The Kier molecular flexibility index (Phi) is 5.81. The van der Waals surface area contributed by atoms with Gasteiger partial charge in [-0.25, -0.2) is 9.67 Å². The average molecular weight is 341 g/mol. The third kappa shape index (κ3) is 4.89. The molecule has 1 saturated heterocycles. The summed E-state index contributed by atoms with van der Waals surface area (Å²) in [6.45, 7) is 8.07. The molecule has 134 valence electrons. The summed E-state index contributed by atoms with van der Waals surface area (Å²) in [6, 6.07) is 8.18. The van der Waals surface area contributed by atoms with Crippen molar-refractivity contribution in [1.82, 2.24) is 25.0 Å². The second kappa shape index (κ2) is 8.25. The number of aromatic nitrogens is 3. The SMILES string of the molecule is C[C@H]1CCCN(Cc2ccc(CNC(=O)[C@@H](C)n3cncn3)cc2)C1. The number of piperidine rings is 1. The molecule has 25 heavy (non-hydrogen) atoms. The Morgan fingerprint density at radius 3 is 2.76 bits per heavy atom. The van der Waals surface area contributed by atoms with Gasteiger partial charge in [-0.1, -0.05) is 31.2 Å². The summed E-state index contributed by atoms with van der Waals surface area (Å²) in [7, 11) is 0. The van der Waals surface area contributed by atoms with Crippen LogP contribution < -0.4 is 5.32 Å². The molecule has 1 aliphatic heterocycles. The van der Waals surface area contributed by atoms with Gasteiger partial charge in [0.15, 0.2) is 0 Å². The fourth-order valence-corrected chi connectivity index (χ4v) is 3.33. The number of nitrogens with one attached hydrogen (secondary N) is 1. The van der Waals surface area contributed by atoms with Crippen molar-refractivity contribution >= 4 is 5.91 Å². The number of hydrogen-bond donors (Lipinski definition) is 1. The summed E-state index contributed by atoms with van der Waals surface area (Å²) >= 11 is 0. The van der Waals surface area contributed by atoms with Gasteiger partial charge >= 0.3 is 0 Å². The van der Waals surface area contributed by atoms with Gasteiger partial charge in [0.25, 0.3) is 0 Å². The molecule has 0 aliphatic carbocycles. The van der Waals surface area contributed by atoms with E-state index in [1.54, 1.807) is 11.0 Å². The summed E-state index contributed by atoms with van der Waals surface area (Å²) in [4.78, 5) is 18.6. The second-order valence-electron chi connectivity index (χ2n) is 7.07. The molecule has 2 heterocycles. The van der Waals surface area contributed by atoms with E-state index >= 15 is 0 Å². The van der Waals surface area contributed by atoms with Crippen LogP contribution in [0.5, 0.6) is 0 Å². The Morgan fingerprint density at radius 1 is 1.32 bits per heavy atom. The maximum absolute atomic E-state index is 12.2. The predicted molar refractivity (Wildman–Crippen MR) is 96.7 cm³/mol. The van der Waals surface area contributed by atoms with Crippen molar-refractivity contribution in [3.63, 3.8) is 0 Å². The maximum atomic E-state index is 12.2. The lowest BCUT2D eigenvalue weighted by Gasteiger charge is -2.30. The average Bonchev–Trinajstić information content (AvgIpc) is 3.15. The van der Waals surface area contributed by atoms with Crippen LogP contribution >= 0.6 is 0 Å². The van der Waals surface area contributed by atoms with E-state index in [4.69, 9.17) is 0 Å². The van der Waals surface area contributed by atoms with E-state index < -0.39 is 0 Å². The minimum atomic E-state index is -0.358. The molecule has 1 N–H and O–H groups in total. The highest BCUT2D eigenvalue weighted by Crippen LogP contribution is 2.18. The Morgan fingerprint density at radius 2 is 2.08 bits per heavy atom. The maximum Gasteiger partial charge on any atom is 0.244 e. The molecule has 0 bridgehead atoms. The summed E-state index contributed by atoms with van der Waals surface area (Å²) in [6.07, 6.45) is 5.64. The highest BCUT2D eigenvalue weighted by molar-refractivity contribution is 5.79. The highest BCUT2D eigenvalue weighted by Gasteiger charge is 2.16. The van der Waals surface area contributed by atoms with Crippen molar-refractivity contribution in [3.8, 4) is 0 Å². The lowest BCUT2D eigenvalue weighted by atomic mass is 9.99. The Bertz CT molecular complexity index is 668. The van der Waals surface area contributed by atoms with Crippen LogP contribution in [0.25, 0.3) is 0 Å². The van der Waals surface area contributed by atoms with E-state index in [-0.39, 0.29) is 11.9 Å². The smallest absolute Gasteiger partial charge is 0.244 e. The molecular weight excluding hydrogens is 314 g/mol. The van der Waals surface area contributed by atoms with Crippen LogP contribution in [0.1, 0.15) is 43.9 Å². The molecule has 6 nitrogen and oxygen atoms in total. The quantitative estimate of drug-likeness (QED) is 0.876. The first-order valence-electron chi connectivity index (χ1n) is 9.04. The molecule has 6 heteroatoms. The zero-order chi connectivity index (χ0) is 17.6. The van der Waals surface area contributed by atoms with Crippen LogP contribution in [-0.4, -0.2) is 38.7 Å². The van der Waals surface area contributed by atoms with Crippen LogP contribution in [0.3, 0.4) is 0 Å². The molecule has 1 aliphatic rings. The topological polar surface area (TPSA) is 63.1 Å². The van der Waals surface area contributed by atoms with E-state index in [9.17, 15) is 4.79 Å². The summed E-state index contributed by atoms with van der Waals surface area (Å²) < 4.78 is 1.55. The van der Waals surface area contributed by atoms with E-state index in [2.05, 4.69) is 51.5 Å². The van der Waals surface area contributed by atoms with Gasteiger partial charge in [0, 0.05) is 19.6 Å². The minimum absolute atomic E-state index is 0.0584. The van der Waals surface area contributed by atoms with Crippen LogP contribution in [-0.2, 0) is 17.9 Å². The molecular formula is C19H27N5O. The Hall–Kier alpha value is -2.21. The first-order chi connectivity index (χ1) is 12.1. The molecule has 0 radical (unpaired) electrons. The monoisotopic (exact) mass is 341 g/mol. The van der Waals surface area contributed by atoms with Gasteiger partial charge in [-0.15, -0.1) is 0 Å². The largest absolute Gasteiger partial charge is 0.350 e. The zero-order valence-corrected chi connectivity index (χ0v) is 15.1. The number of benzene rings is 1. The summed E-state index contributed by atoms with van der Waals surface area (Å²) in [5.41, 5.74) is 2.44. The van der Waals surface area contributed by atoms with Crippen LogP contribution in [0, 0.1) is 5.92 Å². The molecule has 0 unspecified atom stereocenters. The van der Waals surface area contributed by atoms with Crippen LogP contribution in [0.15, 0.2) is 36.9 Å². The number of carbonyl (C=O) groups excluding carboxylic acids is 1. The number of likely N-dealkylation sites (tertiary alicyclic amines) is 1. The minimum Gasteiger partial charge on any atom is -0.350 e. The molecule has 1 amide bonds. The molecule has 1 aromatic carbocycles. The molecule has 2 atom stereocenters. The number of carbonyl (C=O) groups is 1. The fraction of sp³-hybridized carbons (Fsp3) is 0.526. The molecule has 2 aromatic rings. The van der Waals surface area contributed by atoms with E-state index in [0.29, 0.717) is 6.54 Å². The van der Waals surface area contributed by atoms with Gasteiger partial charge in [0.1, 0.15) is 18.7 Å². The summed E-state index contributed by atoms with van der Waals surface area (Å²) in [5.74, 6) is 0.743. The molecule has 3 rings (SSSR count). The van der Waals surface area contributed by atoms with Crippen molar-refractivity contribution < 1.29 is 4.79 Å². The number of rotatable bonds is 6. The Labute approximate surface area is 149 Å². The zero-order valence-electron chi connectivity index (χ0n) is 15.1. The number of nitrogens with zero attached hydrogens (tertiary/aromatic N) is 4. The van der Waals surface area contributed by atoms with E-state index in [1.807, 2.05) is 6.92 Å². The second-order valence-corrected chi connectivity index (χ2v) is 7.07. The molecule has 1 fully saturated rings. The van der Waals surface area contributed by atoms with E-state index in [1.165, 1.54) is 37.8 Å². The van der Waals surface area contributed by atoms with Gasteiger partial charge in [-0.3, -0.25) is 9.69 Å². The molecule has 0 spiro atoms. The van der Waals surface area contributed by atoms with Crippen molar-refractivity contribution in [3.05, 3.63) is 48.0 Å². The number of amides is 1. The van der Waals surface area contributed by atoms with Gasteiger partial charge in [-0.2, -0.15) is 5.10 Å². The first-order valence-corrected chi connectivity index (χ1v) is 9.04. The third-order valence-electron chi connectivity index (χ3n) is 4.85. The molecule has 1 aromatic heterocycles. The lowest BCUT2D eigenvalue weighted by molar-refractivity contribution is -0.124. The van der Waals surface area contributed by atoms with Crippen molar-refractivity contribution in [2.24, 2.45) is 5.92 Å². The third-order valence-corrected chi connectivity index (χ3v) is 4.85. The number of hydrogen-bond acceptors (Lipinski definition) is 4. The van der Waals surface area contributed by atoms with Crippen molar-refractivity contribution in [2.75, 3.05) is 13.1 Å². The van der Waals surface area contributed by atoms with Crippen LogP contribution in [0.4, 0.5) is 0 Å².